The van der Waals surface area contributed by atoms with Gasteiger partial charge in [0.2, 0.25) is 0 Å². The van der Waals surface area contributed by atoms with Crippen molar-refractivity contribution in [2.75, 3.05) is 6.54 Å². The molecule has 1 rings (SSSR count). The van der Waals surface area contributed by atoms with E-state index < -0.39 is 0 Å². The van der Waals surface area contributed by atoms with E-state index in [4.69, 9.17) is 11.6 Å². The Labute approximate surface area is 102 Å². The fourth-order valence-electron chi connectivity index (χ4n) is 1.77. The first-order valence-electron chi connectivity index (χ1n) is 5.86. The molecule has 0 spiro atoms. The molecule has 1 N–H and O–H groups in total. The second-order valence-corrected chi connectivity index (χ2v) is 4.58. The van der Waals surface area contributed by atoms with Crippen LogP contribution in [-0.4, -0.2) is 26.7 Å². The van der Waals surface area contributed by atoms with Gasteiger partial charge in [0.1, 0.15) is 12.2 Å². The molecular weight excluding hydrogens is 224 g/mol. The maximum absolute atomic E-state index is 6.32. The highest BCUT2D eigenvalue weighted by Gasteiger charge is 2.15. The van der Waals surface area contributed by atoms with Crippen LogP contribution in [0.1, 0.15) is 32.5 Å². The van der Waals surface area contributed by atoms with Gasteiger partial charge in [-0.1, -0.05) is 26.7 Å². The smallest absolute Gasteiger partial charge is 0.140 e. The lowest BCUT2D eigenvalue weighted by Crippen LogP contribution is -2.29. The van der Waals surface area contributed by atoms with Crippen LogP contribution in [0.4, 0.5) is 0 Å². The summed E-state index contributed by atoms with van der Waals surface area (Å²) in [4.78, 5) is 4.14. The molecular formula is C11H21ClN4. The summed E-state index contributed by atoms with van der Waals surface area (Å²) in [5.41, 5.74) is 0. The third-order valence-corrected chi connectivity index (χ3v) is 3.50. The second-order valence-electron chi connectivity index (χ2n) is 4.02. The first-order valence-corrected chi connectivity index (χ1v) is 6.30. The van der Waals surface area contributed by atoms with E-state index in [1.165, 1.54) is 0 Å². The number of nitrogens with one attached hydrogen (secondary N) is 1. The molecule has 1 heterocycles. The minimum Gasteiger partial charge on any atom is -0.308 e. The van der Waals surface area contributed by atoms with Gasteiger partial charge in [0.05, 0.1) is 6.54 Å². The number of rotatable bonds is 7. The van der Waals surface area contributed by atoms with E-state index in [0.717, 1.165) is 31.8 Å². The summed E-state index contributed by atoms with van der Waals surface area (Å²) in [6, 6.07) is 0. The van der Waals surface area contributed by atoms with E-state index >= 15 is 0 Å². The summed E-state index contributed by atoms with van der Waals surface area (Å²) in [7, 11) is 1.89. The van der Waals surface area contributed by atoms with Crippen LogP contribution in [-0.2, 0) is 13.6 Å². The van der Waals surface area contributed by atoms with Gasteiger partial charge in [-0.05, 0) is 5.92 Å². The van der Waals surface area contributed by atoms with Crippen molar-refractivity contribution < 1.29 is 0 Å². The highest BCUT2D eigenvalue weighted by Crippen LogP contribution is 2.17. The minimum atomic E-state index is 0.197. The summed E-state index contributed by atoms with van der Waals surface area (Å²) in [5.74, 6) is 1.53. The molecule has 5 heteroatoms. The van der Waals surface area contributed by atoms with E-state index in [-0.39, 0.29) is 5.38 Å². The molecule has 0 saturated carbocycles. The molecule has 1 aromatic rings. The van der Waals surface area contributed by atoms with Crippen molar-refractivity contribution in [2.24, 2.45) is 13.0 Å². The first kappa shape index (κ1) is 13.5. The van der Waals surface area contributed by atoms with Gasteiger partial charge < -0.3 is 5.32 Å². The maximum atomic E-state index is 6.32. The standard InChI is InChI=1S/C11H21ClN4/c1-4-9(5-2)10(12)6-13-7-11-14-8-15-16(11)3/h8-10,13H,4-7H2,1-3H3. The molecule has 0 bridgehead atoms. The van der Waals surface area contributed by atoms with Crippen molar-refractivity contribution in [3.8, 4) is 0 Å². The predicted molar refractivity (Wildman–Crippen MR) is 66.4 cm³/mol. The van der Waals surface area contributed by atoms with E-state index in [1.54, 1.807) is 11.0 Å². The van der Waals surface area contributed by atoms with Gasteiger partial charge in [-0.3, -0.25) is 4.68 Å². The van der Waals surface area contributed by atoms with Crippen molar-refractivity contribution in [1.29, 1.82) is 0 Å². The molecule has 1 atom stereocenters. The molecule has 0 amide bonds. The number of aromatic nitrogens is 3. The number of nitrogens with zero attached hydrogens (tertiary/aromatic N) is 3. The van der Waals surface area contributed by atoms with E-state index in [9.17, 15) is 0 Å². The Morgan fingerprint density at radius 3 is 2.62 bits per heavy atom. The van der Waals surface area contributed by atoms with E-state index in [0.29, 0.717) is 5.92 Å². The normalized spacial score (nSPS) is 13.3. The van der Waals surface area contributed by atoms with Gasteiger partial charge in [0.15, 0.2) is 0 Å². The van der Waals surface area contributed by atoms with Crippen molar-refractivity contribution >= 4 is 11.6 Å². The lowest BCUT2D eigenvalue weighted by atomic mass is 9.99. The van der Waals surface area contributed by atoms with Gasteiger partial charge in [-0.25, -0.2) is 4.98 Å². The Morgan fingerprint density at radius 2 is 2.12 bits per heavy atom. The number of hydrogen-bond donors (Lipinski definition) is 1. The number of hydrogen-bond acceptors (Lipinski definition) is 3. The highest BCUT2D eigenvalue weighted by atomic mass is 35.5. The Morgan fingerprint density at radius 1 is 1.44 bits per heavy atom. The molecule has 0 aliphatic rings. The van der Waals surface area contributed by atoms with Crippen LogP contribution in [0.5, 0.6) is 0 Å². The maximum Gasteiger partial charge on any atom is 0.140 e. The average molecular weight is 245 g/mol. The minimum absolute atomic E-state index is 0.197. The molecule has 0 aliphatic carbocycles. The van der Waals surface area contributed by atoms with Crippen LogP contribution >= 0.6 is 11.6 Å². The van der Waals surface area contributed by atoms with Crippen LogP contribution in [0.25, 0.3) is 0 Å². The summed E-state index contributed by atoms with van der Waals surface area (Å²) >= 11 is 6.32. The molecule has 4 nitrogen and oxygen atoms in total. The van der Waals surface area contributed by atoms with Gasteiger partial charge in [0, 0.05) is 19.0 Å². The fraction of sp³-hybridized carbons (Fsp3) is 0.818. The molecule has 1 unspecified atom stereocenters. The van der Waals surface area contributed by atoms with E-state index in [1.807, 2.05) is 7.05 Å². The summed E-state index contributed by atoms with van der Waals surface area (Å²) < 4.78 is 1.77. The Bertz CT molecular complexity index is 296. The van der Waals surface area contributed by atoms with Crippen molar-refractivity contribution in [1.82, 2.24) is 20.1 Å². The average Bonchev–Trinajstić information content (AvgIpc) is 2.66. The van der Waals surface area contributed by atoms with Crippen LogP contribution < -0.4 is 5.32 Å². The molecule has 1 aromatic heterocycles. The molecule has 92 valence electrons. The molecule has 0 aliphatic heterocycles. The largest absolute Gasteiger partial charge is 0.308 e. The third-order valence-electron chi connectivity index (χ3n) is 2.99. The van der Waals surface area contributed by atoms with Crippen LogP contribution in [0.15, 0.2) is 6.33 Å². The lowest BCUT2D eigenvalue weighted by Gasteiger charge is -2.19. The van der Waals surface area contributed by atoms with Crippen LogP contribution in [0.3, 0.4) is 0 Å². The zero-order valence-electron chi connectivity index (χ0n) is 10.3. The van der Waals surface area contributed by atoms with Crippen LogP contribution in [0, 0.1) is 5.92 Å². The van der Waals surface area contributed by atoms with Crippen molar-refractivity contribution in [2.45, 2.75) is 38.6 Å². The van der Waals surface area contributed by atoms with Crippen molar-refractivity contribution in [3.63, 3.8) is 0 Å². The number of halogens is 1. The predicted octanol–water partition coefficient (Wildman–Crippen LogP) is 1.95. The molecule has 0 saturated heterocycles. The lowest BCUT2D eigenvalue weighted by molar-refractivity contribution is 0.442. The van der Waals surface area contributed by atoms with Gasteiger partial charge in [0.25, 0.3) is 0 Å². The Balaban J connectivity index is 2.27. The molecule has 0 fully saturated rings. The zero-order chi connectivity index (χ0) is 12.0. The molecule has 16 heavy (non-hydrogen) atoms. The SMILES string of the molecule is CCC(CC)C(Cl)CNCc1ncnn1C. The van der Waals surface area contributed by atoms with Gasteiger partial charge in [-0.2, -0.15) is 5.10 Å². The molecule has 0 aromatic carbocycles. The fourth-order valence-corrected chi connectivity index (χ4v) is 2.23. The number of alkyl halides is 1. The van der Waals surface area contributed by atoms with E-state index in [2.05, 4.69) is 29.2 Å². The van der Waals surface area contributed by atoms with Gasteiger partial charge >= 0.3 is 0 Å². The second kappa shape index (κ2) is 6.86. The number of aryl methyl sites for hydroxylation is 1. The van der Waals surface area contributed by atoms with Crippen LogP contribution in [0.2, 0.25) is 0 Å². The molecule has 0 radical (unpaired) electrons. The highest BCUT2D eigenvalue weighted by molar-refractivity contribution is 6.21. The quantitative estimate of drug-likeness (QED) is 0.746. The zero-order valence-corrected chi connectivity index (χ0v) is 11.0. The summed E-state index contributed by atoms with van der Waals surface area (Å²) in [5, 5.41) is 7.53. The Kier molecular flexibility index (Phi) is 5.77. The topological polar surface area (TPSA) is 42.7 Å². The summed E-state index contributed by atoms with van der Waals surface area (Å²) in [6.45, 7) is 5.92. The Hall–Kier alpha value is -0.610. The summed E-state index contributed by atoms with van der Waals surface area (Å²) in [6.07, 6.45) is 3.84. The first-order chi connectivity index (χ1) is 7.69. The third kappa shape index (κ3) is 3.76. The monoisotopic (exact) mass is 244 g/mol. The van der Waals surface area contributed by atoms with Gasteiger partial charge in [-0.15, -0.1) is 11.6 Å². The van der Waals surface area contributed by atoms with Crippen molar-refractivity contribution in [3.05, 3.63) is 12.2 Å².